The Kier molecular flexibility index (Phi) is 4.08. The van der Waals surface area contributed by atoms with Crippen molar-refractivity contribution >= 4 is 0 Å². The van der Waals surface area contributed by atoms with E-state index in [4.69, 9.17) is 14.6 Å². The second-order valence-electron chi connectivity index (χ2n) is 5.98. The molecule has 0 aliphatic carbocycles. The van der Waals surface area contributed by atoms with E-state index in [1.54, 1.807) is 0 Å². The summed E-state index contributed by atoms with van der Waals surface area (Å²) >= 11 is 0. The van der Waals surface area contributed by atoms with Crippen LogP contribution in [-0.4, -0.2) is 60.2 Å². The van der Waals surface area contributed by atoms with E-state index >= 15 is 0 Å². The largest absolute Gasteiger partial charge is 0.394 e. The summed E-state index contributed by atoms with van der Waals surface area (Å²) < 4.78 is 11.6. The lowest BCUT2D eigenvalue weighted by Crippen LogP contribution is -2.51. The Labute approximate surface area is 104 Å². The summed E-state index contributed by atoms with van der Waals surface area (Å²) in [5, 5.41) is 9.16. The van der Waals surface area contributed by atoms with E-state index in [-0.39, 0.29) is 18.3 Å². The van der Waals surface area contributed by atoms with Gasteiger partial charge in [0.25, 0.3) is 0 Å². The summed E-state index contributed by atoms with van der Waals surface area (Å²) in [7, 11) is 0. The van der Waals surface area contributed by atoms with Crippen LogP contribution in [0.3, 0.4) is 0 Å². The molecule has 3 unspecified atom stereocenters. The standard InChI is InChI=1S/C13H25NO3/c1-10-9-16-12(8-15)7-14(10)6-11-4-5-13(2,3)17-11/h10-12,15H,4-9H2,1-3H3. The summed E-state index contributed by atoms with van der Waals surface area (Å²) in [5.74, 6) is 0. The number of hydrogen-bond acceptors (Lipinski definition) is 4. The third-order valence-corrected chi connectivity index (χ3v) is 3.83. The Morgan fingerprint density at radius 2 is 2.12 bits per heavy atom. The van der Waals surface area contributed by atoms with Crippen LogP contribution in [0.15, 0.2) is 0 Å². The van der Waals surface area contributed by atoms with Crippen molar-refractivity contribution in [1.29, 1.82) is 0 Å². The van der Waals surface area contributed by atoms with E-state index in [9.17, 15) is 0 Å². The van der Waals surface area contributed by atoms with Gasteiger partial charge in [-0.2, -0.15) is 0 Å². The Bertz CT molecular complexity index is 257. The van der Waals surface area contributed by atoms with E-state index in [0.717, 1.165) is 25.9 Å². The van der Waals surface area contributed by atoms with Crippen LogP contribution in [-0.2, 0) is 9.47 Å². The van der Waals surface area contributed by atoms with Crippen LogP contribution in [0.25, 0.3) is 0 Å². The minimum absolute atomic E-state index is 0.0272. The second-order valence-corrected chi connectivity index (χ2v) is 5.98. The molecule has 2 fully saturated rings. The quantitative estimate of drug-likeness (QED) is 0.804. The van der Waals surface area contributed by atoms with Crippen LogP contribution in [0.1, 0.15) is 33.6 Å². The van der Waals surface area contributed by atoms with Crippen molar-refractivity contribution in [3.63, 3.8) is 0 Å². The van der Waals surface area contributed by atoms with Crippen molar-refractivity contribution < 1.29 is 14.6 Å². The van der Waals surface area contributed by atoms with E-state index < -0.39 is 0 Å². The van der Waals surface area contributed by atoms with Gasteiger partial charge < -0.3 is 14.6 Å². The molecule has 4 heteroatoms. The summed E-state index contributed by atoms with van der Waals surface area (Å²) in [5.41, 5.74) is 0.0383. The van der Waals surface area contributed by atoms with Crippen molar-refractivity contribution in [3.05, 3.63) is 0 Å². The highest BCUT2D eigenvalue weighted by Crippen LogP contribution is 2.30. The fraction of sp³-hybridized carbons (Fsp3) is 1.00. The van der Waals surface area contributed by atoms with E-state index in [2.05, 4.69) is 25.7 Å². The van der Waals surface area contributed by atoms with Gasteiger partial charge in [0, 0.05) is 19.1 Å². The monoisotopic (exact) mass is 243 g/mol. The molecule has 0 saturated carbocycles. The van der Waals surface area contributed by atoms with Gasteiger partial charge in [0.1, 0.15) is 0 Å². The number of nitrogens with zero attached hydrogens (tertiary/aromatic N) is 1. The third kappa shape index (κ3) is 3.41. The molecule has 0 aromatic heterocycles. The fourth-order valence-electron chi connectivity index (χ4n) is 2.71. The van der Waals surface area contributed by atoms with Gasteiger partial charge in [-0.05, 0) is 33.6 Å². The molecule has 17 heavy (non-hydrogen) atoms. The number of aliphatic hydroxyl groups excluding tert-OH is 1. The van der Waals surface area contributed by atoms with Gasteiger partial charge in [0.2, 0.25) is 0 Å². The number of hydrogen-bond donors (Lipinski definition) is 1. The van der Waals surface area contributed by atoms with Crippen LogP contribution in [0.4, 0.5) is 0 Å². The maximum atomic E-state index is 9.16. The number of ether oxygens (including phenoxy) is 2. The van der Waals surface area contributed by atoms with Crippen LogP contribution in [0, 0.1) is 0 Å². The SMILES string of the molecule is CC1COC(CO)CN1CC1CCC(C)(C)O1. The normalized spacial score (nSPS) is 38.5. The molecule has 4 nitrogen and oxygen atoms in total. The maximum absolute atomic E-state index is 9.16. The number of aliphatic hydroxyl groups is 1. The molecule has 1 N–H and O–H groups in total. The molecule has 0 spiro atoms. The Morgan fingerprint density at radius 1 is 1.35 bits per heavy atom. The van der Waals surface area contributed by atoms with Crippen molar-refractivity contribution in [1.82, 2.24) is 4.90 Å². The van der Waals surface area contributed by atoms with E-state index in [1.165, 1.54) is 0 Å². The van der Waals surface area contributed by atoms with Gasteiger partial charge in [-0.1, -0.05) is 0 Å². The summed E-state index contributed by atoms with van der Waals surface area (Å²) in [6.45, 7) is 9.09. The molecular weight excluding hydrogens is 218 g/mol. The zero-order chi connectivity index (χ0) is 12.5. The molecule has 2 heterocycles. The summed E-state index contributed by atoms with van der Waals surface area (Å²) in [6, 6.07) is 0.421. The zero-order valence-electron chi connectivity index (χ0n) is 11.2. The maximum Gasteiger partial charge on any atom is 0.0933 e. The first kappa shape index (κ1) is 13.3. The van der Waals surface area contributed by atoms with Gasteiger partial charge in [-0.25, -0.2) is 0 Å². The molecule has 0 bridgehead atoms. The number of rotatable bonds is 3. The highest BCUT2D eigenvalue weighted by molar-refractivity contribution is 4.85. The van der Waals surface area contributed by atoms with Gasteiger partial charge >= 0.3 is 0 Å². The van der Waals surface area contributed by atoms with Gasteiger partial charge in [-0.15, -0.1) is 0 Å². The predicted molar refractivity (Wildman–Crippen MR) is 66.0 cm³/mol. The van der Waals surface area contributed by atoms with E-state index in [1.807, 2.05) is 0 Å². The first-order valence-electron chi connectivity index (χ1n) is 6.64. The third-order valence-electron chi connectivity index (χ3n) is 3.83. The molecule has 100 valence electrons. The molecule has 2 rings (SSSR count). The van der Waals surface area contributed by atoms with Crippen LogP contribution >= 0.6 is 0 Å². The molecule has 2 aliphatic heterocycles. The van der Waals surface area contributed by atoms with Crippen molar-refractivity contribution in [2.45, 2.75) is 57.5 Å². The van der Waals surface area contributed by atoms with Crippen molar-refractivity contribution in [2.75, 3.05) is 26.3 Å². The zero-order valence-corrected chi connectivity index (χ0v) is 11.2. The Hall–Kier alpha value is -0.160. The Balaban J connectivity index is 1.85. The smallest absolute Gasteiger partial charge is 0.0933 e. The fourth-order valence-corrected chi connectivity index (χ4v) is 2.71. The first-order chi connectivity index (χ1) is 8.00. The first-order valence-corrected chi connectivity index (χ1v) is 6.64. The van der Waals surface area contributed by atoms with Crippen LogP contribution in [0.5, 0.6) is 0 Å². The second kappa shape index (κ2) is 5.22. The lowest BCUT2D eigenvalue weighted by Gasteiger charge is -2.38. The van der Waals surface area contributed by atoms with Gasteiger partial charge in [-0.3, -0.25) is 4.90 Å². The predicted octanol–water partition coefficient (Wildman–Crippen LogP) is 1.03. The highest BCUT2D eigenvalue weighted by atomic mass is 16.5. The highest BCUT2D eigenvalue weighted by Gasteiger charge is 2.35. The van der Waals surface area contributed by atoms with Gasteiger partial charge in [0.15, 0.2) is 0 Å². The Morgan fingerprint density at radius 3 is 2.71 bits per heavy atom. The molecule has 2 aliphatic rings. The van der Waals surface area contributed by atoms with Gasteiger partial charge in [0.05, 0.1) is 31.0 Å². The van der Waals surface area contributed by atoms with Crippen molar-refractivity contribution in [3.8, 4) is 0 Å². The minimum atomic E-state index is -0.0272. The summed E-state index contributed by atoms with van der Waals surface area (Å²) in [6.07, 6.45) is 2.59. The summed E-state index contributed by atoms with van der Waals surface area (Å²) in [4.78, 5) is 2.39. The van der Waals surface area contributed by atoms with E-state index in [0.29, 0.717) is 18.8 Å². The molecule has 0 radical (unpaired) electrons. The lowest BCUT2D eigenvalue weighted by molar-refractivity contribution is -0.0977. The lowest BCUT2D eigenvalue weighted by atomic mass is 10.1. The molecule has 0 amide bonds. The topological polar surface area (TPSA) is 41.9 Å². The average molecular weight is 243 g/mol. The number of morpholine rings is 1. The van der Waals surface area contributed by atoms with Crippen LogP contribution in [0.2, 0.25) is 0 Å². The molecule has 3 atom stereocenters. The molecule has 0 aromatic rings. The molecule has 2 saturated heterocycles. The van der Waals surface area contributed by atoms with Crippen molar-refractivity contribution in [2.24, 2.45) is 0 Å². The minimum Gasteiger partial charge on any atom is -0.394 e. The average Bonchev–Trinajstić information content (AvgIpc) is 2.61. The van der Waals surface area contributed by atoms with Crippen LogP contribution < -0.4 is 0 Å². The molecule has 0 aromatic carbocycles. The molecular formula is C13H25NO3.